The summed E-state index contributed by atoms with van der Waals surface area (Å²) in [5.41, 5.74) is 0.586. The van der Waals surface area contributed by atoms with Gasteiger partial charge in [-0.05, 0) is 44.0 Å². The molecule has 2 atom stereocenters. The van der Waals surface area contributed by atoms with Crippen LogP contribution in [0.5, 0.6) is 11.5 Å². The smallest absolute Gasteiger partial charge is 0.257 e. The molecule has 1 aromatic rings. The van der Waals surface area contributed by atoms with Gasteiger partial charge in [0.25, 0.3) is 11.8 Å². The third kappa shape index (κ3) is 3.71. The van der Waals surface area contributed by atoms with E-state index in [1.54, 1.807) is 25.2 Å². The van der Waals surface area contributed by atoms with Crippen LogP contribution in [0.15, 0.2) is 18.2 Å². The Kier molecular flexibility index (Phi) is 5.43. The van der Waals surface area contributed by atoms with E-state index >= 15 is 0 Å². The SMILES string of the molecule is CNC(=O)COc1ccc(C(=O)N2C3CCNCC2CC3)cc1OC. The van der Waals surface area contributed by atoms with Gasteiger partial charge in [-0.3, -0.25) is 9.59 Å². The second kappa shape index (κ2) is 7.74. The molecule has 2 N–H and O–H groups in total. The summed E-state index contributed by atoms with van der Waals surface area (Å²) in [4.78, 5) is 26.4. The predicted molar refractivity (Wildman–Crippen MR) is 93.0 cm³/mol. The Balaban J connectivity index is 1.78. The maximum atomic E-state index is 13.0. The van der Waals surface area contributed by atoms with Crippen LogP contribution < -0.4 is 20.1 Å². The van der Waals surface area contributed by atoms with Gasteiger partial charge >= 0.3 is 0 Å². The number of carbonyl (C=O) groups is 2. The lowest BCUT2D eigenvalue weighted by molar-refractivity contribution is -0.122. The summed E-state index contributed by atoms with van der Waals surface area (Å²) in [5.74, 6) is 0.710. The quantitative estimate of drug-likeness (QED) is 0.823. The molecule has 0 radical (unpaired) electrons. The van der Waals surface area contributed by atoms with Gasteiger partial charge in [0.2, 0.25) is 0 Å². The first-order chi connectivity index (χ1) is 12.1. The van der Waals surface area contributed by atoms with Gasteiger partial charge in [-0.25, -0.2) is 0 Å². The lowest BCUT2D eigenvalue weighted by Gasteiger charge is -2.28. The van der Waals surface area contributed by atoms with Crippen molar-refractivity contribution in [3.8, 4) is 11.5 Å². The van der Waals surface area contributed by atoms with Crippen molar-refractivity contribution < 1.29 is 19.1 Å². The van der Waals surface area contributed by atoms with Crippen molar-refractivity contribution >= 4 is 11.8 Å². The van der Waals surface area contributed by atoms with Crippen molar-refractivity contribution in [1.82, 2.24) is 15.5 Å². The average molecular weight is 347 g/mol. The Morgan fingerprint density at radius 2 is 2.04 bits per heavy atom. The van der Waals surface area contributed by atoms with Crippen LogP contribution in [0.25, 0.3) is 0 Å². The first-order valence-corrected chi connectivity index (χ1v) is 8.69. The average Bonchev–Trinajstić information content (AvgIpc) is 2.91. The van der Waals surface area contributed by atoms with Crippen LogP contribution in [0.4, 0.5) is 0 Å². The van der Waals surface area contributed by atoms with Gasteiger partial charge in [-0.2, -0.15) is 0 Å². The van der Waals surface area contributed by atoms with Crippen molar-refractivity contribution in [2.24, 2.45) is 0 Å². The molecule has 7 heteroatoms. The topological polar surface area (TPSA) is 79.9 Å². The largest absolute Gasteiger partial charge is 0.493 e. The number of hydrogen-bond donors (Lipinski definition) is 2. The molecule has 3 rings (SSSR count). The predicted octanol–water partition coefficient (Wildman–Crippen LogP) is 0.787. The number of hydrogen-bond acceptors (Lipinski definition) is 5. The summed E-state index contributed by atoms with van der Waals surface area (Å²) in [7, 11) is 3.07. The molecular weight excluding hydrogens is 322 g/mol. The monoisotopic (exact) mass is 347 g/mol. The van der Waals surface area contributed by atoms with E-state index in [0.29, 0.717) is 23.1 Å². The number of amides is 2. The van der Waals surface area contributed by atoms with Crippen LogP contribution >= 0.6 is 0 Å². The summed E-state index contributed by atoms with van der Waals surface area (Å²) in [6, 6.07) is 5.69. The number of likely N-dealkylation sites (N-methyl/N-ethyl adjacent to an activating group) is 1. The number of benzene rings is 1. The molecule has 136 valence electrons. The molecule has 2 saturated heterocycles. The molecule has 2 fully saturated rings. The van der Waals surface area contributed by atoms with Crippen LogP contribution in [0.1, 0.15) is 29.6 Å². The number of fused-ring (bicyclic) bond motifs is 2. The highest BCUT2D eigenvalue weighted by Crippen LogP contribution is 2.32. The lowest BCUT2D eigenvalue weighted by Crippen LogP contribution is -2.42. The van der Waals surface area contributed by atoms with E-state index in [4.69, 9.17) is 9.47 Å². The van der Waals surface area contributed by atoms with Crippen molar-refractivity contribution in [1.29, 1.82) is 0 Å². The zero-order chi connectivity index (χ0) is 17.8. The van der Waals surface area contributed by atoms with Gasteiger partial charge in [-0.15, -0.1) is 0 Å². The van der Waals surface area contributed by atoms with E-state index in [-0.39, 0.29) is 24.5 Å². The van der Waals surface area contributed by atoms with Crippen molar-refractivity contribution in [2.45, 2.75) is 31.3 Å². The molecule has 0 aliphatic carbocycles. The Morgan fingerprint density at radius 3 is 2.80 bits per heavy atom. The molecule has 2 bridgehead atoms. The van der Waals surface area contributed by atoms with E-state index in [1.165, 1.54) is 7.11 Å². The van der Waals surface area contributed by atoms with E-state index in [9.17, 15) is 9.59 Å². The minimum absolute atomic E-state index is 0.0346. The number of nitrogens with one attached hydrogen (secondary N) is 2. The highest BCUT2D eigenvalue weighted by Gasteiger charge is 2.38. The van der Waals surface area contributed by atoms with Gasteiger partial charge in [0.1, 0.15) is 0 Å². The van der Waals surface area contributed by atoms with Crippen LogP contribution in [-0.2, 0) is 4.79 Å². The minimum Gasteiger partial charge on any atom is -0.493 e. The Morgan fingerprint density at radius 1 is 1.24 bits per heavy atom. The van der Waals surface area contributed by atoms with Crippen molar-refractivity contribution in [3.05, 3.63) is 23.8 Å². The summed E-state index contributed by atoms with van der Waals surface area (Å²) >= 11 is 0. The zero-order valence-corrected chi connectivity index (χ0v) is 14.7. The minimum atomic E-state index is -0.226. The third-order valence-corrected chi connectivity index (χ3v) is 4.94. The third-order valence-electron chi connectivity index (χ3n) is 4.94. The van der Waals surface area contributed by atoms with Crippen molar-refractivity contribution in [2.75, 3.05) is 33.9 Å². The molecule has 2 amide bonds. The van der Waals surface area contributed by atoms with Gasteiger partial charge < -0.3 is 25.0 Å². The van der Waals surface area contributed by atoms with Gasteiger partial charge in [0.15, 0.2) is 18.1 Å². The maximum Gasteiger partial charge on any atom is 0.257 e. The maximum absolute atomic E-state index is 13.0. The highest BCUT2D eigenvalue weighted by atomic mass is 16.5. The van der Waals surface area contributed by atoms with Crippen molar-refractivity contribution in [3.63, 3.8) is 0 Å². The van der Waals surface area contributed by atoms with Crippen LogP contribution in [0.2, 0.25) is 0 Å². The Hall–Kier alpha value is -2.28. The normalized spacial score (nSPS) is 22.2. The second-order valence-corrected chi connectivity index (χ2v) is 6.42. The molecule has 1 aromatic carbocycles. The molecule has 0 saturated carbocycles. The number of methoxy groups -OCH3 is 1. The molecule has 0 aromatic heterocycles. The van der Waals surface area contributed by atoms with Gasteiger partial charge in [0, 0.05) is 31.2 Å². The fourth-order valence-corrected chi connectivity index (χ4v) is 3.60. The Labute approximate surface area is 147 Å². The number of ether oxygens (including phenoxy) is 2. The number of rotatable bonds is 5. The zero-order valence-electron chi connectivity index (χ0n) is 14.7. The van der Waals surface area contributed by atoms with E-state index in [0.717, 1.165) is 32.4 Å². The van der Waals surface area contributed by atoms with Gasteiger partial charge in [-0.1, -0.05) is 0 Å². The molecule has 7 nitrogen and oxygen atoms in total. The van der Waals surface area contributed by atoms with E-state index < -0.39 is 0 Å². The Bertz CT molecular complexity index is 635. The molecule has 2 heterocycles. The molecule has 2 aliphatic heterocycles. The van der Waals surface area contributed by atoms with E-state index in [1.807, 2.05) is 4.90 Å². The summed E-state index contributed by atoms with van der Waals surface area (Å²) < 4.78 is 10.8. The fraction of sp³-hybridized carbons (Fsp3) is 0.556. The standard InChI is InChI=1S/C18H25N3O4/c1-19-17(22)11-25-15-6-3-12(9-16(15)24-2)18(23)21-13-4-5-14(21)10-20-8-7-13/h3,6,9,13-14,20H,4-5,7-8,10-11H2,1-2H3,(H,19,22). The highest BCUT2D eigenvalue weighted by molar-refractivity contribution is 5.95. The molecule has 0 spiro atoms. The summed E-state index contributed by atoms with van der Waals surface area (Å²) in [6.07, 6.45) is 3.11. The number of nitrogens with zero attached hydrogens (tertiary/aromatic N) is 1. The van der Waals surface area contributed by atoms with Crippen LogP contribution in [0, 0.1) is 0 Å². The number of carbonyl (C=O) groups excluding carboxylic acids is 2. The first kappa shape index (κ1) is 17.5. The van der Waals surface area contributed by atoms with E-state index in [2.05, 4.69) is 10.6 Å². The van der Waals surface area contributed by atoms with Crippen LogP contribution in [-0.4, -0.2) is 62.7 Å². The summed E-state index contributed by atoms with van der Waals surface area (Å²) in [6.45, 7) is 1.72. The lowest BCUT2D eigenvalue weighted by atomic mass is 10.1. The first-order valence-electron chi connectivity index (χ1n) is 8.69. The fourth-order valence-electron chi connectivity index (χ4n) is 3.60. The second-order valence-electron chi connectivity index (χ2n) is 6.42. The molecule has 25 heavy (non-hydrogen) atoms. The summed E-state index contributed by atoms with van der Waals surface area (Å²) in [5, 5.41) is 5.90. The molecular formula is C18H25N3O4. The molecule has 2 aliphatic rings. The molecule has 2 unspecified atom stereocenters. The van der Waals surface area contributed by atoms with Crippen LogP contribution in [0.3, 0.4) is 0 Å². The van der Waals surface area contributed by atoms with Gasteiger partial charge in [0.05, 0.1) is 7.11 Å².